The minimum atomic E-state index is -0.0136. The summed E-state index contributed by atoms with van der Waals surface area (Å²) in [5, 5.41) is 3.55. The maximum atomic E-state index is 11.6. The molecule has 0 bridgehead atoms. The van der Waals surface area contributed by atoms with Crippen LogP contribution in [0.2, 0.25) is 0 Å². The predicted molar refractivity (Wildman–Crippen MR) is 74.0 cm³/mol. The highest BCUT2D eigenvalue weighted by Gasteiger charge is 2.27. The molecule has 5 heteroatoms. The van der Waals surface area contributed by atoms with Crippen LogP contribution in [-0.2, 0) is 4.79 Å². The highest BCUT2D eigenvalue weighted by molar-refractivity contribution is 5.94. The van der Waals surface area contributed by atoms with E-state index < -0.39 is 0 Å². The van der Waals surface area contributed by atoms with Gasteiger partial charge in [-0.3, -0.25) is 10.2 Å². The second-order valence-corrected chi connectivity index (χ2v) is 4.17. The van der Waals surface area contributed by atoms with E-state index in [1.807, 2.05) is 31.2 Å². The minimum absolute atomic E-state index is 0.0136. The summed E-state index contributed by atoms with van der Waals surface area (Å²) in [5.74, 6) is 0.768. The number of carbonyl (C=O) groups excluding carboxylic acids is 1. The van der Waals surface area contributed by atoms with E-state index in [0.29, 0.717) is 5.70 Å². The van der Waals surface area contributed by atoms with E-state index in [1.165, 1.54) is 6.92 Å². The Morgan fingerprint density at radius 3 is 2.47 bits per heavy atom. The van der Waals surface area contributed by atoms with Crippen molar-refractivity contribution in [2.45, 2.75) is 13.8 Å². The lowest BCUT2D eigenvalue weighted by Gasteiger charge is -2.28. The fraction of sp³-hybridized carbons (Fsp3) is 0.214. The molecule has 0 amide bonds. The van der Waals surface area contributed by atoms with Crippen molar-refractivity contribution >= 4 is 11.5 Å². The number of ketones is 1. The predicted octanol–water partition coefficient (Wildman–Crippen LogP) is 2.20. The zero-order valence-electron chi connectivity index (χ0n) is 11.3. The van der Waals surface area contributed by atoms with Crippen LogP contribution in [0.15, 0.2) is 48.4 Å². The molecule has 100 valence electrons. The molecule has 5 nitrogen and oxygen atoms in total. The number of nitrogens with zero attached hydrogens (tertiary/aromatic N) is 2. The quantitative estimate of drug-likeness (QED) is 0.898. The fourth-order valence-corrected chi connectivity index (χ4v) is 1.97. The minimum Gasteiger partial charge on any atom is -0.497 e. The summed E-state index contributed by atoms with van der Waals surface area (Å²) in [5.41, 5.74) is 5.34. The van der Waals surface area contributed by atoms with E-state index in [0.717, 1.165) is 17.1 Å². The first-order valence-corrected chi connectivity index (χ1v) is 5.93. The Labute approximate surface area is 112 Å². The molecule has 0 aromatic heterocycles. The average molecular weight is 259 g/mol. The van der Waals surface area contributed by atoms with E-state index in [-0.39, 0.29) is 5.78 Å². The molecule has 2 rings (SSSR count). The Hall–Kier alpha value is -2.43. The Morgan fingerprint density at radius 1 is 1.37 bits per heavy atom. The summed E-state index contributed by atoms with van der Waals surface area (Å²) < 4.78 is 5.13. The number of benzene rings is 1. The number of hydrogen-bond acceptors (Lipinski definition) is 5. The first-order valence-electron chi connectivity index (χ1n) is 5.93. The molecule has 1 aliphatic rings. The third kappa shape index (κ3) is 2.27. The van der Waals surface area contributed by atoms with Gasteiger partial charge in [0.05, 0.1) is 18.5 Å². The van der Waals surface area contributed by atoms with Crippen molar-refractivity contribution in [3.8, 4) is 5.75 Å². The van der Waals surface area contributed by atoms with Gasteiger partial charge in [-0.2, -0.15) is 5.12 Å². The number of Topliss-reactive ketones (excluding diaryl/α,β-unsaturated/α-hetero) is 1. The number of hydrogen-bond donors (Lipinski definition) is 1. The van der Waals surface area contributed by atoms with E-state index in [1.54, 1.807) is 23.4 Å². The van der Waals surface area contributed by atoms with E-state index >= 15 is 0 Å². The van der Waals surface area contributed by atoms with Gasteiger partial charge in [-0.1, -0.05) is 6.58 Å². The number of carbonyl (C=O) groups is 1. The van der Waals surface area contributed by atoms with Gasteiger partial charge in [0.2, 0.25) is 0 Å². The van der Waals surface area contributed by atoms with Gasteiger partial charge in [-0.05, 0) is 31.2 Å². The lowest BCUT2D eigenvalue weighted by molar-refractivity contribution is -0.113. The topological polar surface area (TPSA) is 44.8 Å². The van der Waals surface area contributed by atoms with Gasteiger partial charge in [0.15, 0.2) is 5.78 Å². The van der Waals surface area contributed by atoms with Crippen molar-refractivity contribution in [2.75, 3.05) is 12.2 Å². The fourth-order valence-electron chi connectivity index (χ4n) is 1.97. The summed E-state index contributed by atoms with van der Waals surface area (Å²) >= 11 is 0. The summed E-state index contributed by atoms with van der Waals surface area (Å²) in [7, 11) is 1.62. The molecule has 1 aromatic rings. The summed E-state index contributed by atoms with van der Waals surface area (Å²) in [6.45, 7) is 7.17. The van der Waals surface area contributed by atoms with E-state index in [9.17, 15) is 4.79 Å². The lowest BCUT2D eigenvalue weighted by atomic mass is 10.3. The normalized spacial score (nSPS) is 14.5. The Balaban J connectivity index is 2.31. The molecule has 0 fully saturated rings. The number of anilines is 1. The number of ether oxygens (including phenoxy) is 1. The zero-order valence-corrected chi connectivity index (χ0v) is 11.3. The van der Waals surface area contributed by atoms with Crippen molar-refractivity contribution in [1.82, 2.24) is 10.4 Å². The molecule has 0 radical (unpaired) electrons. The molecular formula is C14H17N3O2. The summed E-state index contributed by atoms with van der Waals surface area (Å²) in [6.07, 6.45) is 1.66. The van der Waals surface area contributed by atoms with Gasteiger partial charge in [-0.25, -0.2) is 5.01 Å². The maximum Gasteiger partial charge on any atom is 0.179 e. The van der Waals surface area contributed by atoms with Gasteiger partial charge in [0.1, 0.15) is 11.4 Å². The van der Waals surface area contributed by atoms with Crippen molar-refractivity contribution in [3.05, 3.63) is 48.4 Å². The molecule has 0 saturated heterocycles. The highest BCUT2D eigenvalue weighted by atomic mass is 16.5. The molecule has 0 saturated carbocycles. The molecule has 1 aliphatic heterocycles. The van der Waals surface area contributed by atoms with Gasteiger partial charge in [-0.15, -0.1) is 0 Å². The van der Waals surface area contributed by atoms with Crippen molar-refractivity contribution in [3.63, 3.8) is 0 Å². The number of rotatable bonds is 4. The number of nitrogens with one attached hydrogen (secondary N) is 1. The molecule has 19 heavy (non-hydrogen) atoms. The summed E-state index contributed by atoms with van der Waals surface area (Å²) in [4.78, 5) is 11.6. The Kier molecular flexibility index (Phi) is 3.46. The number of allylic oxidation sites excluding steroid dienone is 2. The lowest BCUT2D eigenvalue weighted by Crippen LogP contribution is -2.41. The first kappa shape index (κ1) is 13.0. The number of hydrazine groups is 2. The molecule has 0 atom stereocenters. The monoisotopic (exact) mass is 259 g/mol. The van der Waals surface area contributed by atoms with Crippen LogP contribution in [-0.4, -0.2) is 17.9 Å². The first-order chi connectivity index (χ1) is 9.08. The van der Waals surface area contributed by atoms with Crippen molar-refractivity contribution in [2.24, 2.45) is 0 Å². The zero-order chi connectivity index (χ0) is 14.0. The van der Waals surface area contributed by atoms with Crippen molar-refractivity contribution in [1.29, 1.82) is 0 Å². The van der Waals surface area contributed by atoms with Crippen LogP contribution >= 0.6 is 0 Å². The molecule has 0 unspecified atom stereocenters. The third-order valence-corrected chi connectivity index (χ3v) is 2.98. The second kappa shape index (κ2) is 5.06. The van der Waals surface area contributed by atoms with Gasteiger partial charge >= 0.3 is 0 Å². The van der Waals surface area contributed by atoms with Crippen molar-refractivity contribution < 1.29 is 9.53 Å². The molecule has 1 N–H and O–H groups in total. The van der Waals surface area contributed by atoms with Crippen LogP contribution in [0, 0.1) is 0 Å². The van der Waals surface area contributed by atoms with Crippen LogP contribution in [0.1, 0.15) is 13.8 Å². The molecule has 0 spiro atoms. The van der Waals surface area contributed by atoms with Crippen LogP contribution in [0.5, 0.6) is 5.75 Å². The highest BCUT2D eigenvalue weighted by Crippen LogP contribution is 2.27. The van der Waals surface area contributed by atoms with Crippen LogP contribution < -0.4 is 15.3 Å². The van der Waals surface area contributed by atoms with Crippen LogP contribution in [0.4, 0.5) is 5.69 Å². The second-order valence-electron chi connectivity index (χ2n) is 4.17. The molecule has 0 aliphatic carbocycles. The Bertz CT molecular complexity index is 534. The van der Waals surface area contributed by atoms with Crippen LogP contribution in [0.3, 0.4) is 0 Å². The van der Waals surface area contributed by atoms with Crippen LogP contribution in [0.25, 0.3) is 0 Å². The SMILES string of the molecule is C=CN1C(C)=C(C(C)=O)NN1c1ccc(OC)cc1. The summed E-state index contributed by atoms with van der Waals surface area (Å²) in [6, 6.07) is 7.52. The molecular weight excluding hydrogens is 242 g/mol. The Morgan fingerprint density at radius 2 is 2.00 bits per heavy atom. The van der Waals surface area contributed by atoms with Gasteiger partial charge in [0.25, 0.3) is 0 Å². The van der Waals surface area contributed by atoms with E-state index in [4.69, 9.17) is 4.74 Å². The van der Waals surface area contributed by atoms with Gasteiger partial charge in [0, 0.05) is 13.1 Å². The molecule has 1 heterocycles. The average Bonchev–Trinajstić information content (AvgIpc) is 2.76. The standard InChI is InChI=1S/C14H17N3O2/c1-5-16-10(2)14(11(3)18)15-17(16)12-6-8-13(19-4)9-7-12/h5-9,15H,1H2,2-4H3. The largest absolute Gasteiger partial charge is 0.497 e. The number of methoxy groups -OCH3 is 1. The molecule has 1 aromatic carbocycles. The van der Waals surface area contributed by atoms with E-state index in [2.05, 4.69) is 12.0 Å². The smallest absolute Gasteiger partial charge is 0.179 e. The third-order valence-electron chi connectivity index (χ3n) is 2.98. The van der Waals surface area contributed by atoms with Gasteiger partial charge < -0.3 is 4.74 Å². The maximum absolute atomic E-state index is 11.6.